The van der Waals surface area contributed by atoms with Crippen molar-refractivity contribution in [3.05, 3.63) is 29.8 Å². The lowest BCUT2D eigenvalue weighted by atomic mass is 9.97. The highest BCUT2D eigenvalue weighted by molar-refractivity contribution is 5.82. The summed E-state index contributed by atoms with van der Waals surface area (Å²) in [5, 5.41) is 12.2. The minimum atomic E-state index is -0.367. The van der Waals surface area contributed by atoms with E-state index in [9.17, 15) is 4.39 Å². The van der Waals surface area contributed by atoms with Crippen molar-refractivity contribution >= 4 is 11.3 Å². The number of methoxy groups -OCH3 is 1. The number of nitrogens with one attached hydrogen (secondary N) is 1. The molecule has 0 amide bonds. The molecule has 4 heteroatoms. The van der Waals surface area contributed by atoms with Gasteiger partial charge in [-0.25, -0.2) is 4.39 Å². The predicted octanol–water partition coefficient (Wildman–Crippen LogP) is 2.55. The van der Waals surface area contributed by atoms with Crippen LogP contribution in [0.4, 0.5) is 10.1 Å². The lowest BCUT2D eigenvalue weighted by molar-refractivity contribution is 0.412. The van der Waals surface area contributed by atoms with Crippen LogP contribution in [0.3, 0.4) is 0 Å². The second-order valence-corrected chi connectivity index (χ2v) is 3.36. The van der Waals surface area contributed by atoms with Gasteiger partial charge in [-0.2, -0.15) is 0 Å². The Bertz CT molecular complexity index is 415. The van der Waals surface area contributed by atoms with Gasteiger partial charge in [0.2, 0.25) is 0 Å². The predicted molar refractivity (Wildman–Crippen MR) is 56.7 cm³/mol. The topological polar surface area (TPSA) is 41.5 Å². The molecule has 1 aliphatic rings. The molecule has 0 saturated heterocycles. The lowest BCUT2D eigenvalue weighted by Crippen LogP contribution is -2.12. The van der Waals surface area contributed by atoms with E-state index in [0.717, 1.165) is 17.5 Å². The Morgan fingerprint density at radius 3 is 3.00 bits per heavy atom. The van der Waals surface area contributed by atoms with Gasteiger partial charge in [0.1, 0.15) is 11.6 Å². The summed E-state index contributed by atoms with van der Waals surface area (Å²) < 4.78 is 18.3. The maximum atomic E-state index is 13.2. The van der Waals surface area contributed by atoms with Gasteiger partial charge in [0.05, 0.1) is 19.1 Å². The van der Waals surface area contributed by atoms with Crippen LogP contribution in [0.1, 0.15) is 12.0 Å². The summed E-state index contributed by atoms with van der Waals surface area (Å²) >= 11 is 0. The average molecular weight is 209 g/mol. The maximum absolute atomic E-state index is 13.2. The molecule has 2 N–H and O–H groups in total. The summed E-state index contributed by atoms with van der Waals surface area (Å²) in [7, 11) is 1.49. The number of benzene rings is 1. The van der Waals surface area contributed by atoms with Crippen molar-refractivity contribution in [2.75, 3.05) is 19.0 Å². The Balaban J connectivity index is 2.61. The molecule has 0 atom stereocenters. The van der Waals surface area contributed by atoms with E-state index in [1.807, 2.05) is 0 Å². The molecule has 0 aliphatic carbocycles. The maximum Gasteiger partial charge on any atom is 0.145 e. The average Bonchev–Trinajstić information content (AvgIpc) is 2.27. The number of anilines is 1. The Labute approximate surface area is 87.2 Å². The third-order valence-electron chi connectivity index (χ3n) is 2.48. The molecule has 1 aliphatic heterocycles. The number of hydrogen-bond acceptors (Lipinski definition) is 3. The molecule has 1 aromatic carbocycles. The summed E-state index contributed by atoms with van der Waals surface area (Å²) in [6.07, 6.45) is 1.70. The van der Waals surface area contributed by atoms with Gasteiger partial charge in [-0.1, -0.05) is 0 Å². The molecule has 0 bridgehead atoms. The highest BCUT2D eigenvalue weighted by Gasteiger charge is 2.19. The van der Waals surface area contributed by atoms with Crippen LogP contribution >= 0.6 is 0 Å². The van der Waals surface area contributed by atoms with Crippen LogP contribution < -0.4 is 10.1 Å². The van der Waals surface area contributed by atoms with Crippen molar-refractivity contribution in [2.24, 2.45) is 0 Å². The molecule has 0 saturated carbocycles. The summed E-state index contributed by atoms with van der Waals surface area (Å²) in [6, 6.07) is 2.72. The van der Waals surface area contributed by atoms with Crippen LogP contribution in [0.2, 0.25) is 0 Å². The molecule has 1 aromatic rings. The van der Waals surface area contributed by atoms with E-state index < -0.39 is 0 Å². The van der Waals surface area contributed by atoms with E-state index in [-0.39, 0.29) is 5.82 Å². The number of rotatable bonds is 1. The second-order valence-electron chi connectivity index (χ2n) is 3.36. The first-order valence-corrected chi connectivity index (χ1v) is 4.71. The van der Waals surface area contributed by atoms with Crippen molar-refractivity contribution < 1.29 is 14.2 Å². The van der Waals surface area contributed by atoms with E-state index in [4.69, 9.17) is 9.84 Å². The normalized spacial score (nSPS) is 17.1. The quantitative estimate of drug-likeness (QED) is 0.698. The van der Waals surface area contributed by atoms with E-state index in [2.05, 4.69) is 5.32 Å². The first kappa shape index (κ1) is 9.83. The van der Waals surface area contributed by atoms with E-state index in [1.54, 1.807) is 0 Å². The van der Waals surface area contributed by atoms with Gasteiger partial charge in [0.25, 0.3) is 0 Å². The zero-order valence-electron chi connectivity index (χ0n) is 8.38. The van der Waals surface area contributed by atoms with Crippen molar-refractivity contribution in [2.45, 2.75) is 6.42 Å². The van der Waals surface area contributed by atoms with E-state index in [1.165, 1.54) is 19.2 Å². The molecular weight excluding hydrogens is 197 g/mol. The smallest absolute Gasteiger partial charge is 0.145 e. The summed E-state index contributed by atoms with van der Waals surface area (Å²) in [5.74, 6) is 0.0951. The van der Waals surface area contributed by atoms with Crippen LogP contribution in [0.15, 0.2) is 18.4 Å². The third-order valence-corrected chi connectivity index (χ3v) is 2.48. The minimum absolute atomic E-state index is 0.367. The van der Waals surface area contributed by atoms with Crippen LogP contribution in [-0.2, 0) is 0 Å². The molecule has 1 heterocycles. The van der Waals surface area contributed by atoms with Crippen molar-refractivity contribution in [1.29, 1.82) is 0 Å². The highest BCUT2D eigenvalue weighted by atomic mass is 19.1. The van der Waals surface area contributed by atoms with Gasteiger partial charge < -0.3 is 15.2 Å². The fourth-order valence-corrected chi connectivity index (χ4v) is 1.77. The van der Waals surface area contributed by atoms with Gasteiger partial charge in [-0.15, -0.1) is 0 Å². The summed E-state index contributed by atoms with van der Waals surface area (Å²) in [6.45, 7) is 0.710. The molecular formula is C11H12FNO2. The first-order chi connectivity index (χ1) is 7.26. The molecule has 15 heavy (non-hydrogen) atoms. The Morgan fingerprint density at radius 1 is 1.53 bits per heavy atom. The van der Waals surface area contributed by atoms with Crippen molar-refractivity contribution in [3.8, 4) is 5.75 Å². The van der Waals surface area contributed by atoms with Gasteiger partial charge >= 0.3 is 0 Å². The van der Waals surface area contributed by atoms with Gasteiger partial charge in [-0.05, 0) is 18.1 Å². The number of ether oxygens (including phenoxy) is 1. The number of aliphatic hydroxyl groups excluding tert-OH is 1. The van der Waals surface area contributed by atoms with Crippen molar-refractivity contribution in [1.82, 2.24) is 0 Å². The summed E-state index contributed by atoms with van der Waals surface area (Å²) in [5.41, 5.74) is 2.13. The highest BCUT2D eigenvalue weighted by Crippen LogP contribution is 2.38. The third kappa shape index (κ3) is 1.63. The largest absolute Gasteiger partial charge is 0.515 e. The van der Waals surface area contributed by atoms with Crippen LogP contribution in [0.25, 0.3) is 5.57 Å². The number of aliphatic hydroxyl groups is 1. The fourth-order valence-electron chi connectivity index (χ4n) is 1.77. The molecule has 2 rings (SSSR count). The second kappa shape index (κ2) is 3.81. The fraction of sp³-hybridized carbons (Fsp3) is 0.273. The number of halogens is 1. The lowest BCUT2D eigenvalue weighted by Gasteiger charge is -2.22. The number of hydrogen-bond donors (Lipinski definition) is 2. The summed E-state index contributed by atoms with van der Waals surface area (Å²) in [4.78, 5) is 0. The van der Waals surface area contributed by atoms with Crippen LogP contribution in [-0.4, -0.2) is 18.8 Å². The Kier molecular flexibility index (Phi) is 2.49. The monoisotopic (exact) mass is 209 g/mol. The van der Waals surface area contributed by atoms with Gasteiger partial charge in [0, 0.05) is 18.2 Å². The SMILES string of the molecule is COc1cc(F)cc2c1NCC/C2=C/O. The number of fused-ring (bicyclic) bond motifs is 1. The standard InChI is InChI=1S/C11H12FNO2/c1-15-10-5-8(12)4-9-7(6-14)2-3-13-11(9)10/h4-6,13-14H,2-3H2,1H3/b7-6-. The zero-order chi connectivity index (χ0) is 10.8. The molecule has 0 spiro atoms. The van der Waals surface area contributed by atoms with Crippen LogP contribution in [0.5, 0.6) is 5.75 Å². The molecule has 80 valence electrons. The van der Waals surface area contributed by atoms with Crippen molar-refractivity contribution in [3.63, 3.8) is 0 Å². The molecule has 3 nitrogen and oxygen atoms in total. The van der Waals surface area contributed by atoms with Gasteiger partial charge in [0.15, 0.2) is 0 Å². The van der Waals surface area contributed by atoms with E-state index >= 15 is 0 Å². The zero-order valence-corrected chi connectivity index (χ0v) is 8.38. The minimum Gasteiger partial charge on any atom is -0.515 e. The Morgan fingerprint density at radius 2 is 2.33 bits per heavy atom. The van der Waals surface area contributed by atoms with Gasteiger partial charge in [-0.3, -0.25) is 0 Å². The molecule has 0 fully saturated rings. The van der Waals surface area contributed by atoms with Crippen LogP contribution in [0, 0.1) is 5.82 Å². The molecule has 0 aromatic heterocycles. The van der Waals surface area contributed by atoms with E-state index in [0.29, 0.717) is 24.3 Å². The molecule has 0 unspecified atom stereocenters. The molecule has 0 radical (unpaired) electrons. The Hall–Kier alpha value is -1.71. The first-order valence-electron chi connectivity index (χ1n) is 4.71.